The van der Waals surface area contributed by atoms with Crippen LogP contribution in [0.4, 0.5) is 0 Å². The van der Waals surface area contributed by atoms with Crippen LogP contribution in [0.1, 0.15) is 28.2 Å². The van der Waals surface area contributed by atoms with E-state index < -0.39 is 0 Å². The highest BCUT2D eigenvalue weighted by Crippen LogP contribution is 2.64. The summed E-state index contributed by atoms with van der Waals surface area (Å²) in [6.45, 7) is 0. The third kappa shape index (κ3) is 4.35. The van der Waals surface area contributed by atoms with Crippen LogP contribution < -0.4 is 4.74 Å². The number of para-hydroxylation sites is 1. The second kappa shape index (κ2) is 11.4. The van der Waals surface area contributed by atoms with Crippen LogP contribution in [0.5, 0.6) is 11.5 Å². The number of allylic oxidation sites excluding steroid dienone is 4. The number of ether oxygens (including phenoxy) is 1. The predicted octanol–water partition coefficient (Wildman–Crippen LogP) is 10.8. The Morgan fingerprint density at radius 2 is 0.980 bits per heavy atom. The normalized spacial score (nSPS) is 19.3. The fourth-order valence-electron chi connectivity index (χ4n) is 8.33. The summed E-state index contributed by atoms with van der Waals surface area (Å²) >= 11 is 0. The van der Waals surface area contributed by atoms with Crippen molar-refractivity contribution in [3.8, 4) is 56.8 Å². The van der Waals surface area contributed by atoms with Gasteiger partial charge < -0.3 is 4.74 Å². The first-order valence-electron chi connectivity index (χ1n) is 17.1. The van der Waals surface area contributed by atoms with Crippen LogP contribution >= 0.6 is 0 Å². The largest absolute Gasteiger partial charge is 0.457 e. The molecule has 1 aromatic heterocycles. The van der Waals surface area contributed by atoms with Gasteiger partial charge in [-0.2, -0.15) is 0 Å². The first-order valence-corrected chi connectivity index (χ1v) is 17.1. The Kier molecular flexibility index (Phi) is 6.50. The molecule has 2 heterocycles. The van der Waals surface area contributed by atoms with Gasteiger partial charge in [-0.1, -0.05) is 158 Å². The van der Waals surface area contributed by atoms with Crippen LogP contribution in [-0.4, -0.2) is 15.0 Å². The minimum Gasteiger partial charge on any atom is -0.457 e. The van der Waals surface area contributed by atoms with Crippen LogP contribution in [0, 0.1) is 5.92 Å². The molecule has 0 bridgehead atoms. The summed E-state index contributed by atoms with van der Waals surface area (Å²) in [7, 11) is 0. The van der Waals surface area contributed by atoms with Gasteiger partial charge in [-0.05, 0) is 40.5 Å². The van der Waals surface area contributed by atoms with Crippen LogP contribution in [0.3, 0.4) is 0 Å². The lowest BCUT2D eigenvalue weighted by molar-refractivity contribution is 0.374. The zero-order chi connectivity index (χ0) is 33.1. The van der Waals surface area contributed by atoms with Gasteiger partial charge in [0.25, 0.3) is 0 Å². The highest BCUT2D eigenvalue weighted by Gasteiger charge is 2.56. The molecule has 2 aliphatic carbocycles. The number of hydrogen-bond acceptors (Lipinski definition) is 4. The van der Waals surface area contributed by atoms with Crippen LogP contribution in [0.25, 0.3) is 45.3 Å². The van der Waals surface area contributed by atoms with Crippen LogP contribution in [0.2, 0.25) is 0 Å². The van der Waals surface area contributed by atoms with Gasteiger partial charge in [0, 0.05) is 39.7 Å². The smallest absolute Gasteiger partial charge is 0.164 e. The van der Waals surface area contributed by atoms with Crippen molar-refractivity contribution in [3.05, 3.63) is 198 Å². The molecule has 0 radical (unpaired) electrons. The van der Waals surface area contributed by atoms with E-state index in [1.54, 1.807) is 0 Å². The molecule has 3 unspecified atom stereocenters. The van der Waals surface area contributed by atoms with E-state index in [4.69, 9.17) is 19.7 Å². The predicted molar refractivity (Wildman–Crippen MR) is 199 cm³/mol. The van der Waals surface area contributed by atoms with E-state index in [0.717, 1.165) is 39.3 Å². The maximum Gasteiger partial charge on any atom is 0.164 e. The van der Waals surface area contributed by atoms with Gasteiger partial charge in [0.05, 0.1) is 5.41 Å². The molecule has 4 heteroatoms. The van der Waals surface area contributed by atoms with Gasteiger partial charge in [-0.3, -0.25) is 0 Å². The summed E-state index contributed by atoms with van der Waals surface area (Å²) in [5.41, 5.74) is 9.77. The van der Waals surface area contributed by atoms with Crippen LogP contribution in [-0.2, 0) is 5.41 Å². The Labute approximate surface area is 291 Å². The molecule has 3 atom stereocenters. The van der Waals surface area contributed by atoms with Crippen molar-refractivity contribution in [1.29, 1.82) is 0 Å². The average molecular weight is 642 g/mol. The zero-order valence-electron chi connectivity index (χ0n) is 27.1. The van der Waals surface area contributed by atoms with Crippen molar-refractivity contribution in [2.45, 2.75) is 11.3 Å². The molecule has 0 N–H and O–H groups in total. The lowest BCUT2D eigenvalue weighted by atomic mass is 9.62. The van der Waals surface area contributed by atoms with Gasteiger partial charge in [-0.15, -0.1) is 0 Å². The van der Waals surface area contributed by atoms with E-state index >= 15 is 0 Å². The fraction of sp³-hybridized carbons (Fsp3) is 0.0652. The van der Waals surface area contributed by atoms with E-state index in [0.29, 0.717) is 23.4 Å². The van der Waals surface area contributed by atoms with E-state index in [1.807, 2.05) is 60.7 Å². The molecule has 236 valence electrons. The Morgan fingerprint density at radius 3 is 1.74 bits per heavy atom. The number of benzene rings is 6. The molecule has 0 amide bonds. The van der Waals surface area contributed by atoms with Crippen molar-refractivity contribution < 1.29 is 4.74 Å². The SMILES string of the molecule is C1=CC2c3ccccc3C3(c4ccccc4Oc4cc(-c5cccc(-c6nc(-c7ccccc7)nc(-c7ccccc7)n6)c5)ccc43)C2C=C1. The molecule has 50 heavy (non-hydrogen) atoms. The molecule has 6 aromatic carbocycles. The molecule has 0 fully saturated rings. The Bertz CT molecular complexity index is 2430. The lowest BCUT2D eigenvalue weighted by Gasteiger charge is -2.43. The van der Waals surface area contributed by atoms with Crippen molar-refractivity contribution in [2.75, 3.05) is 0 Å². The molecule has 1 spiro atoms. The van der Waals surface area contributed by atoms with Gasteiger partial charge in [-0.25, -0.2) is 15.0 Å². The zero-order valence-corrected chi connectivity index (χ0v) is 27.1. The molecule has 3 aliphatic rings. The number of hydrogen-bond donors (Lipinski definition) is 0. The number of rotatable bonds is 4. The third-order valence-electron chi connectivity index (χ3n) is 10.5. The molecule has 0 saturated carbocycles. The van der Waals surface area contributed by atoms with E-state index in [9.17, 15) is 0 Å². The first kappa shape index (κ1) is 28.6. The summed E-state index contributed by atoms with van der Waals surface area (Å²) in [5, 5.41) is 0. The van der Waals surface area contributed by atoms with Crippen LogP contribution in [0.15, 0.2) is 176 Å². The van der Waals surface area contributed by atoms with E-state index in [2.05, 4.69) is 115 Å². The Balaban J connectivity index is 1.11. The highest BCUT2D eigenvalue weighted by atomic mass is 16.5. The summed E-state index contributed by atoms with van der Waals surface area (Å²) in [4.78, 5) is 14.8. The van der Waals surface area contributed by atoms with Gasteiger partial charge >= 0.3 is 0 Å². The van der Waals surface area contributed by atoms with E-state index in [1.165, 1.54) is 22.3 Å². The molecule has 0 saturated heterocycles. The number of fused-ring (bicyclic) bond motifs is 9. The molecule has 1 aliphatic heterocycles. The summed E-state index contributed by atoms with van der Waals surface area (Å²) in [6.07, 6.45) is 9.16. The van der Waals surface area contributed by atoms with Gasteiger partial charge in [0.1, 0.15) is 11.5 Å². The maximum absolute atomic E-state index is 6.79. The first-order chi connectivity index (χ1) is 24.8. The van der Waals surface area contributed by atoms with Gasteiger partial charge in [0.15, 0.2) is 17.5 Å². The summed E-state index contributed by atoms with van der Waals surface area (Å²) in [6, 6.07) is 52.9. The Hall–Kier alpha value is -6.39. The maximum atomic E-state index is 6.79. The fourth-order valence-corrected chi connectivity index (χ4v) is 8.33. The second-order valence-corrected chi connectivity index (χ2v) is 13.1. The number of nitrogens with zero attached hydrogens (tertiary/aromatic N) is 3. The second-order valence-electron chi connectivity index (χ2n) is 13.1. The van der Waals surface area contributed by atoms with Crippen molar-refractivity contribution in [3.63, 3.8) is 0 Å². The van der Waals surface area contributed by atoms with Crippen molar-refractivity contribution in [2.24, 2.45) is 5.92 Å². The van der Waals surface area contributed by atoms with Crippen molar-refractivity contribution >= 4 is 0 Å². The molecule has 7 aromatic rings. The molecular weight excluding hydrogens is 611 g/mol. The summed E-state index contributed by atoms with van der Waals surface area (Å²) < 4.78 is 6.79. The minimum absolute atomic E-state index is 0.240. The van der Waals surface area contributed by atoms with Crippen molar-refractivity contribution in [1.82, 2.24) is 15.0 Å². The third-order valence-corrected chi connectivity index (χ3v) is 10.5. The lowest BCUT2D eigenvalue weighted by Crippen LogP contribution is -2.37. The topological polar surface area (TPSA) is 47.9 Å². The quantitative estimate of drug-likeness (QED) is 0.192. The highest BCUT2D eigenvalue weighted by molar-refractivity contribution is 5.77. The average Bonchev–Trinajstić information content (AvgIpc) is 3.49. The number of aromatic nitrogens is 3. The molecule has 10 rings (SSSR count). The molecular formula is C46H31N3O. The van der Waals surface area contributed by atoms with E-state index in [-0.39, 0.29) is 11.3 Å². The van der Waals surface area contributed by atoms with Gasteiger partial charge in [0.2, 0.25) is 0 Å². The summed E-state index contributed by atoms with van der Waals surface area (Å²) in [5.74, 6) is 4.27. The standard InChI is InChI=1S/C46H31N3O/c1-3-14-30(15-4-1)43-47-44(31-16-5-2-6-17-31)49-45(48-43)34-19-13-18-32(28-34)33-26-27-40-42(29-33)50-41-25-12-11-24-39(41)46(40)37-22-9-7-20-35(37)36-21-8-10-23-38(36)46/h1-29,35,37H. The molecule has 4 nitrogen and oxygen atoms in total. The monoisotopic (exact) mass is 641 g/mol. The minimum atomic E-state index is -0.361. The Morgan fingerprint density at radius 1 is 0.420 bits per heavy atom.